The normalized spacial score (nSPS) is 11.7. The average Bonchev–Trinajstić information content (AvgIpc) is 2.52. The summed E-state index contributed by atoms with van der Waals surface area (Å²) in [7, 11) is 0. The van der Waals surface area contributed by atoms with E-state index in [0.717, 1.165) is 11.1 Å². The van der Waals surface area contributed by atoms with Crippen LogP contribution in [0.25, 0.3) is 0 Å². The van der Waals surface area contributed by atoms with E-state index in [1.807, 2.05) is 60.7 Å². The molecule has 0 bridgehead atoms. The van der Waals surface area contributed by atoms with Crippen molar-refractivity contribution in [3.63, 3.8) is 0 Å². The van der Waals surface area contributed by atoms with Crippen molar-refractivity contribution in [1.82, 2.24) is 10.2 Å². The summed E-state index contributed by atoms with van der Waals surface area (Å²) in [6, 6.07) is 18.5. The lowest BCUT2D eigenvalue weighted by atomic mass is 10.2. The molecule has 1 atom stereocenters. The Morgan fingerprint density at radius 2 is 1.57 bits per heavy atom. The summed E-state index contributed by atoms with van der Waals surface area (Å²) in [5, 5.41) is 12.3. The van der Waals surface area contributed by atoms with Crippen LogP contribution >= 0.6 is 0 Å². The highest BCUT2D eigenvalue weighted by Crippen LogP contribution is 2.06. The molecule has 0 spiro atoms. The van der Waals surface area contributed by atoms with Gasteiger partial charge in [0.15, 0.2) is 6.35 Å². The van der Waals surface area contributed by atoms with Gasteiger partial charge in [0.05, 0.1) is 6.54 Å². The average molecular weight is 285 g/mol. The van der Waals surface area contributed by atoms with Gasteiger partial charge in [0, 0.05) is 6.54 Å². The van der Waals surface area contributed by atoms with E-state index in [9.17, 15) is 9.90 Å². The van der Waals surface area contributed by atoms with Gasteiger partial charge >= 0.3 is 6.03 Å². The predicted molar refractivity (Wildman–Crippen MR) is 80.9 cm³/mol. The Morgan fingerprint density at radius 1 is 1.05 bits per heavy atom. The standard InChI is InChI=1S/C16H19N3O2/c17-15(20)19(12-14-9-5-2-6-10-14)16(21)18-11-13-7-3-1-4-8-13/h1-10,15,20H,11-12,17H2,(H,18,21). The highest BCUT2D eigenvalue weighted by Gasteiger charge is 2.18. The van der Waals surface area contributed by atoms with Crippen LogP contribution in [-0.4, -0.2) is 22.4 Å². The maximum Gasteiger partial charge on any atom is 0.321 e. The first kappa shape index (κ1) is 15.0. The highest BCUT2D eigenvalue weighted by atomic mass is 16.3. The van der Waals surface area contributed by atoms with Crippen molar-refractivity contribution in [3.8, 4) is 0 Å². The zero-order valence-electron chi connectivity index (χ0n) is 11.6. The Kier molecular flexibility index (Phi) is 5.31. The molecular formula is C16H19N3O2. The molecule has 0 heterocycles. The maximum absolute atomic E-state index is 12.1. The van der Waals surface area contributed by atoms with Crippen LogP contribution in [0.3, 0.4) is 0 Å². The number of hydrogen-bond donors (Lipinski definition) is 3. The third kappa shape index (κ3) is 4.59. The number of hydrogen-bond acceptors (Lipinski definition) is 3. The lowest BCUT2D eigenvalue weighted by Crippen LogP contribution is -2.49. The van der Waals surface area contributed by atoms with E-state index in [1.165, 1.54) is 4.90 Å². The number of amides is 2. The molecule has 2 aromatic carbocycles. The van der Waals surface area contributed by atoms with Crippen LogP contribution in [0.4, 0.5) is 4.79 Å². The molecule has 5 nitrogen and oxygen atoms in total. The molecule has 5 heteroatoms. The van der Waals surface area contributed by atoms with Gasteiger partial charge in [-0.15, -0.1) is 0 Å². The van der Waals surface area contributed by atoms with Crippen molar-refractivity contribution in [2.24, 2.45) is 5.73 Å². The third-order valence-corrected chi connectivity index (χ3v) is 3.06. The van der Waals surface area contributed by atoms with Gasteiger partial charge in [0.25, 0.3) is 0 Å². The molecule has 0 aliphatic carbocycles. The van der Waals surface area contributed by atoms with E-state index < -0.39 is 12.4 Å². The topological polar surface area (TPSA) is 78.6 Å². The molecule has 4 N–H and O–H groups in total. The number of nitrogens with zero attached hydrogens (tertiary/aromatic N) is 1. The van der Waals surface area contributed by atoms with Gasteiger partial charge in [0.2, 0.25) is 0 Å². The minimum atomic E-state index is -1.35. The summed E-state index contributed by atoms with van der Waals surface area (Å²) in [5.41, 5.74) is 7.36. The van der Waals surface area contributed by atoms with Crippen LogP contribution in [0.2, 0.25) is 0 Å². The summed E-state index contributed by atoms with van der Waals surface area (Å²) in [6.07, 6.45) is -1.35. The predicted octanol–water partition coefficient (Wildman–Crippen LogP) is 1.63. The van der Waals surface area contributed by atoms with Gasteiger partial charge in [-0.25, -0.2) is 4.79 Å². The van der Waals surface area contributed by atoms with E-state index in [2.05, 4.69) is 5.32 Å². The molecule has 0 fully saturated rings. The molecule has 2 amide bonds. The first-order chi connectivity index (χ1) is 10.2. The first-order valence-electron chi connectivity index (χ1n) is 6.73. The number of rotatable bonds is 5. The summed E-state index contributed by atoms with van der Waals surface area (Å²) in [4.78, 5) is 13.3. The molecule has 0 saturated heterocycles. The molecule has 21 heavy (non-hydrogen) atoms. The Bertz CT molecular complexity index is 558. The second-order valence-electron chi connectivity index (χ2n) is 4.67. The van der Waals surface area contributed by atoms with Gasteiger partial charge < -0.3 is 10.4 Å². The van der Waals surface area contributed by atoms with Crippen LogP contribution < -0.4 is 11.1 Å². The fraction of sp³-hybridized carbons (Fsp3) is 0.188. The Labute approximate surface area is 124 Å². The van der Waals surface area contributed by atoms with E-state index in [0.29, 0.717) is 6.54 Å². The number of carbonyl (C=O) groups is 1. The number of aliphatic hydroxyl groups is 1. The molecule has 0 saturated carbocycles. The van der Waals surface area contributed by atoms with Crippen molar-refractivity contribution in [1.29, 1.82) is 0 Å². The first-order valence-corrected chi connectivity index (χ1v) is 6.73. The van der Waals surface area contributed by atoms with Crippen molar-refractivity contribution >= 4 is 6.03 Å². The van der Waals surface area contributed by atoms with E-state index in [-0.39, 0.29) is 6.54 Å². The SMILES string of the molecule is NC(O)N(Cc1ccccc1)C(=O)NCc1ccccc1. The van der Waals surface area contributed by atoms with Crippen LogP contribution in [0, 0.1) is 0 Å². The molecule has 1 unspecified atom stereocenters. The highest BCUT2D eigenvalue weighted by molar-refractivity contribution is 5.74. The Morgan fingerprint density at radius 3 is 2.10 bits per heavy atom. The number of nitrogens with two attached hydrogens (primary N) is 1. The van der Waals surface area contributed by atoms with Crippen LogP contribution in [0.5, 0.6) is 0 Å². The lowest BCUT2D eigenvalue weighted by molar-refractivity contribution is 0.0309. The summed E-state index contributed by atoms with van der Waals surface area (Å²) >= 11 is 0. The lowest BCUT2D eigenvalue weighted by Gasteiger charge is -2.25. The van der Waals surface area contributed by atoms with E-state index in [4.69, 9.17) is 5.73 Å². The van der Waals surface area contributed by atoms with Crippen molar-refractivity contribution < 1.29 is 9.90 Å². The fourth-order valence-electron chi connectivity index (χ4n) is 1.94. The molecule has 2 aromatic rings. The molecule has 0 aliphatic heterocycles. The van der Waals surface area contributed by atoms with Gasteiger partial charge in [-0.2, -0.15) is 0 Å². The maximum atomic E-state index is 12.1. The second-order valence-corrected chi connectivity index (χ2v) is 4.67. The summed E-state index contributed by atoms with van der Waals surface area (Å²) in [5.74, 6) is 0. The molecule has 0 aromatic heterocycles. The number of benzene rings is 2. The molecule has 0 radical (unpaired) electrons. The van der Waals surface area contributed by atoms with E-state index >= 15 is 0 Å². The van der Waals surface area contributed by atoms with Crippen molar-refractivity contribution in [2.75, 3.05) is 0 Å². The Hall–Kier alpha value is -2.37. The number of urea groups is 1. The fourth-order valence-corrected chi connectivity index (χ4v) is 1.94. The second kappa shape index (κ2) is 7.42. The largest absolute Gasteiger partial charge is 0.361 e. The van der Waals surface area contributed by atoms with Crippen LogP contribution in [0.15, 0.2) is 60.7 Å². The number of nitrogens with one attached hydrogen (secondary N) is 1. The number of carbonyl (C=O) groups excluding carboxylic acids is 1. The van der Waals surface area contributed by atoms with E-state index in [1.54, 1.807) is 0 Å². The molecule has 110 valence electrons. The van der Waals surface area contributed by atoms with Crippen LogP contribution in [-0.2, 0) is 13.1 Å². The molecular weight excluding hydrogens is 266 g/mol. The van der Waals surface area contributed by atoms with Crippen molar-refractivity contribution in [2.45, 2.75) is 19.4 Å². The monoisotopic (exact) mass is 285 g/mol. The number of aliphatic hydroxyl groups excluding tert-OH is 1. The minimum absolute atomic E-state index is 0.249. The third-order valence-electron chi connectivity index (χ3n) is 3.06. The van der Waals surface area contributed by atoms with Gasteiger partial charge in [-0.3, -0.25) is 10.6 Å². The summed E-state index contributed by atoms with van der Waals surface area (Å²) < 4.78 is 0. The van der Waals surface area contributed by atoms with Crippen molar-refractivity contribution in [3.05, 3.63) is 71.8 Å². The quantitative estimate of drug-likeness (QED) is 0.731. The zero-order valence-corrected chi connectivity index (χ0v) is 11.6. The smallest absolute Gasteiger partial charge is 0.321 e. The molecule has 0 aliphatic rings. The Balaban J connectivity index is 1.96. The minimum Gasteiger partial charge on any atom is -0.361 e. The summed E-state index contributed by atoms with van der Waals surface area (Å²) in [6.45, 7) is 0.636. The van der Waals surface area contributed by atoms with Gasteiger partial charge in [0.1, 0.15) is 0 Å². The zero-order chi connectivity index (χ0) is 15.1. The molecule has 2 rings (SSSR count). The van der Waals surface area contributed by atoms with Crippen LogP contribution in [0.1, 0.15) is 11.1 Å². The van der Waals surface area contributed by atoms with Gasteiger partial charge in [-0.05, 0) is 11.1 Å². The van der Waals surface area contributed by atoms with Gasteiger partial charge in [-0.1, -0.05) is 60.7 Å².